The van der Waals surface area contributed by atoms with Gasteiger partial charge in [-0.15, -0.1) is 0 Å². The first kappa shape index (κ1) is 14.8. The van der Waals surface area contributed by atoms with Crippen molar-refractivity contribution in [1.82, 2.24) is 4.90 Å². The second-order valence-corrected chi connectivity index (χ2v) is 6.11. The molecule has 1 aliphatic rings. The average Bonchev–Trinajstić information content (AvgIpc) is 3.18. The Morgan fingerprint density at radius 1 is 1.53 bits per heavy atom. The summed E-state index contributed by atoms with van der Waals surface area (Å²) in [6.07, 6.45) is 2.70. The van der Waals surface area contributed by atoms with Crippen molar-refractivity contribution in [1.29, 1.82) is 0 Å². The molecular formula is C14H20BrN3S. The van der Waals surface area contributed by atoms with Gasteiger partial charge in [0.05, 0.1) is 0 Å². The second-order valence-electron chi connectivity index (χ2n) is 4.81. The molecule has 0 aliphatic heterocycles. The molecule has 0 spiro atoms. The Kier molecular flexibility index (Phi) is 5.19. The molecule has 3 N–H and O–H groups in total. The molecule has 1 aromatic carbocycles. The fraction of sp³-hybridized carbons (Fsp3) is 0.500. The summed E-state index contributed by atoms with van der Waals surface area (Å²) in [5.74, 6) is 0. The molecule has 0 unspecified atom stereocenters. The fourth-order valence-electron chi connectivity index (χ4n) is 2.29. The van der Waals surface area contributed by atoms with Gasteiger partial charge in [0.15, 0.2) is 0 Å². The van der Waals surface area contributed by atoms with Gasteiger partial charge in [0.1, 0.15) is 4.99 Å². The lowest BCUT2D eigenvalue weighted by molar-refractivity contribution is 0.289. The molecule has 19 heavy (non-hydrogen) atoms. The maximum absolute atomic E-state index is 5.78. The molecule has 1 aromatic rings. The first-order valence-corrected chi connectivity index (χ1v) is 7.89. The third-order valence-corrected chi connectivity index (χ3v) is 4.31. The monoisotopic (exact) mass is 341 g/mol. The van der Waals surface area contributed by atoms with Gasteiger partial charge in [0.2, 0.25) is 0 Å². The minimum Gasteiger partial charge on any atom is -0.389 e. The number of nitrogens with two attached hydrogens (primary N) is 1. The Balaban J connectivity index is 1.95. The second kappa shape index (κ2) is 6.68. The zero-order chi connectivity index (χ0) is 13.8. The van der Waals surface area contributed by atoms with Crippen molar-refractivity contribution in [3.05, 3.63) is 28.2 Å². The van der Waals surface area contributed by atoms with Gasteiger partial charge in [-0.25, -0.2) is 0 Å². The van der Waals surface area contributed by atoms with Gasteiger partial charge in [-0.2, -0.15) is 0 Å². The highest BCUT2D eigenvalue weighted by Crippen LogP contribution is 2.27. The lowest BCUT2D eigenvalue weighted by Gasteiger charge is -2.21. The summed E-state index contributed by atoms with van der Waals surface area (Å²) in [5.41, 5.74) is 7.69. The normalized spacial score (nSPS) is 14.7. The summed E-state index contributed by atoms with van der Waals surface area (Å²) in [6.45, 7) is 5.31. The molecular weight excluding hydrogens is 322 g/mol. The van der Waals surface area contributed by atoms with Gasteiger partial charge in [0, 0.05) is 34.9 Å². The smallest absolute Gasteiger partial charge is 0.107 e. The van der Waals surface area contributed by atoms with Crippen LogP contribution in [0.3, 0.4) is 0 Å². The van der Waals surface area contributed by atoms with Crippen LogP contribution >= 0.6 is 28.1 Å². The van der Waals surface area contributed by atoms with Gasteiger partial charge in [-0.05, 0) is 47.4 Å². The molecule has 1 saturated carbocycles. The number of anilines is 1. The Labute approximate surface area is 128 Å². The number of nitrogens with zero attached hydrogens (tertiary/aromatic N) is 1. The van der Waals surface area contributed by atoms with E-state index in [9.17, 15) is 0 Å². The van der Waals surface area contributed by atoms with Crippen LogP contribution in [-0.4, -0.2) is 35.6 Å². The number of benzene rings is 1. The summed E-state index contributed by atoms with van der Waals surface area (Å²) in [4.78, 5) is 2.94. The molecule has 0 saturated heterocycles. The van der Waals surface area contributed by atoms with Crippen molar-refractivity contribution in [3.63, 3.8) is 0 Å². The topological polar surface area (TPSA) is 41.3 Å². The molecule has 0 bridgehead atoms. The minimum absolute atomic E-state index is 0.421. The van der Waals surface area contributed by atoms with E-state index in [4.69, 9.17) is 18.0 Å². The lowest BCUT2D eigenvalue weighted by atomic mass is 10.2. The Morgan fingerprint density at radius 3 is 2.84 bits per heavy atom. The number of rotatable bonds is 7. The largest absolute Gasteiger partial charge is 0.389 e. The number of thiocarbonyl (C=S) groups is 1. The van der Waals surface area contributed by atoms with Crippen molar-refractivity contribution in [2.24, 2.45) is 5.73 Å². The maximum atomic E-state index is 5.78. The van der Waals surface area contributed by atoms with Crippen LogP contribution in [0.5, 0.6) is 0 Å². The summed E-state index contributed by atoms with van der Waals surface area (Å²) in [5, 5.41) is 3.44. The van der Waals surface area contributed by atoms with Crippen molar-refractivity contribution < 1.29 is 0 Å². The van der Waals surface area contributed by atoms with Crippen LogP contribution < -0.4 is 11.1 Å². The summed E-state index contributed by atoms with van der Waals surface area (Å²) in [7, 11) is 0. The lowest BCUT2D eigenvalue weighted by Crippen LogP contribution is -2.31. The number of nitrogens with one attached hydrogen (secondary N) is 1. The first-order valence-electron chi connectivity index (χ1n) is 6.69. The van der Waals surface area contributed by atoms with E-state index < -0.39 is 0 Å². The summed E-state index contributed by atoms with van der Waals surface area (Å²) in [6, 6.07) is 6.78. The van der Waals surface area contributed by atoms with Crippen LogP contribution in [0, 0.1) is 0 Å². The van der Waals surface area contributed by atoms with Crippen LogP contribution in [-0.2, 0) is 0 Å². The van der Waals surface area contributed by atoms with E-state index in [1.807, 2.05) is 18.2 Å². The minimum atomic E-state index is 0.421. The highest BCUT2D eigenvalue weighted by atomic mass is 79.9. The van der Waals surface area contributed by atoms with E-state index >= 15 is 0 Å². The molecule has 5 heteroatoms. The third-order valence-electron chi connectivity index (χ3n) is 3.44. The van der Waals surface area contributed by atoms with E-state index in [1.165, 1.54) is 12.8 Å². The van der Waals surface area contributed by atoms with Crippen LogP contribution in [0.4, 0.5) is 5.69 Å². The molecule has 2 rings (SSSR count). The van der Waals surface area contributed by atoms with E-state index in [1.54, 1.807) is 0 Å². The molecule has 104 valence electrons. The Bertz CT molecular complexity index is 460. The fourth-order valence-corrected chi connectivity index (χ4v) is 3.23. The van der Waals surface area contributed by atoms with Gasteiger partial charge in [-0.1, -0.05) is 25.2 Å². The predicted molar refractivity (Wildman–Crippen MR) is 88.8 cm³/mol. The molecule has 0 amide bonds. The Morgan fingerprint density at radius 2 is 2.26 bits per heavy atom. The molecule has 3 nitrogen and oxygen atoms in total. The molecule has 0 heterocycles. The molecule has 0 radical (unpaired) electrons. The van der Waals surface area contributed by atoms with E-state index in [-0.39, 0.29) is 0 Å². The van der Waals surface area contributed by atoms with Crippen LogP contribution in [0.15, 0.2) is 22.7 Å². The van der Waals surface area contributed by atoms with Gasteiger partial charge in [-0.3, -0.25) is 4.90 Å². The summed E-state index contributed by atoms with van der Waals surface area (Å²) >= 11 is 8.61. The van der Waals surface area contributed by atoms with E-state index in [0.717, 1.165) is 41.4 Å². The average molecular weight is 342 g/mol. The van der Waals surface area contributed by atoms with Gasteiger partial charge < -0.3 is 11.1 Å². The number of likely N-dealkylation sites (N-methyl/N-ethyl adjacent to an activating group) is 1. The SMILES string of the molecule is CCN(CCNc1cccc(Br)c1C(N)=S)C1CC1. The zero-order valence-electron chi connectivity index (χ0n) is 11.2. The first-order chi connectivity index (χ1) is 9.13. The van der Waals surface area contributed by atoms with Crippen LogP contribution in [0.25, 0.3) is 0 Å². The maximum Gasteiger partial charge on any atom is 0.107 e. The van der Waals surface area contributed by atoms with Gasteiger partial charge in [0.25, 0.3) is 0 Å². The number of hydrogen-bond acceptors (Lipinski definition) is 3. The quantitative estimate of drug-likeness (QED) is 0.748. The zero-order valence-corrected chi connectivity index (χ0v) is 13.6. The van der Waals surface area contributed by atoms with E-state index in [2.05, 4.69) is 33.1 Å². The molecule has 1 aliphatic carbocycles. The number of halogens is 1. The summed E-state index contributed by atoms with van der Waals surface area (Å²) < 4.78 is 0.944. The van der Waals surface area contributed by atoms with Crippen molar-refractivity contribution >= 4 is 38.8 Å². The predicted octanol–water partition coefficient (Wildman–Crippen LogP) is 2.98. The molecule has 1 fully saturated rings. The van der Waals surface area contributed by atoms with E-state index in [0.29, 0.717) is 4.99 Å². The Hall–Kier alpha value is -0.650. The molecule has 0 aromatic heterocycles. The third kappa shape index (κ3) is 3.91. The van der Waals surface area contributed by atoms with Crippen molar-refractivity contribution in [3.8, 4) is 0 Å². The van der Waals surface area contributed by atoms with Crippen LogP contribution in [0.1, 0.15) is 25.3 Å². The number of hydrogen-bond donors (Lipinski definition) is 2. The van der Waals surface area contributed by atoms with Crippen molar-refractivity contribution in [2.45, 2.75) is 25.8 Å². The highest BCUT2D eigenvalue weighted by molar-refractivity contribution is 9.10. The molecule has 0 atom stereocenters. The standard InChI is InChI=1S/C14H20BrN3S/c1-2-18(10-6-7-10)9-8-17-12-5-3-4-11(15)13(12)14(16)19/h3-5,10,17H,2,6-9H2,1H3,(H2,16,19). The highest BCUT2D eigenvalue weighted by Gasteiger charge is 2.27. The van der Waals surface area contributed by atoms with Crippen molar-refractivity contribution in [2.75, 3.05) is 25.0 Å². The van der Waals surface area contributed by atoms with Crippen LogP contribution in [0.2, 0.25) is 0 Å². The van der Waals surface area contributed by atoms with Gasteiger partial charge >= 0.3 is 0 Å².